The van der Waals surface area contributed by atoms with Gasteiger partial charge in [-0.2, -0.15) is 0 Å². The van der Waals surface area contributed by atoms with Crippen molar-refractivity contribution in [2.45, 2.75) is 51.4 Å². The van der Waals surface area contributed by atoms with Gasteiger partial charge in [-0.3, -0.25) is 4.79 Å². The van der Waals surface area contributed by atoms with Gasteiger partial charge in [0.25, 0.3) is 6.43 Å². The lowest BCUT2D eigenvalue weighted by atomic mass is 9.86. The van der Waals surface area contributed by atoms with Crippen LogP contribution in [0.25, 0.3) is 0 Å². The van der Waals surface area contributed by atoms with Crippen molar-refractivity contribution in [3.8, 4) is 5.75 Å². The standard InChI is InChI=1S/C16H20F2O3/c1-8(2)10-5-12(15(21)13(6-10)16(17)18)11(7-14(19)20)9-3-4-9/h5-6,8-9,11,16,21H,3-4,7H2,1-2H3,(H,19,20). The van der Waals surface area contributed by atoms with Crippen LogP contribution in [0.2, 0.25) is 0 Å². The topological polar surface area (TPSA) is 57.5 Å². The molecular weight excluding hydrogens is 278 g/mol. The smallest absolute Gasteiger partial charge is 0.303 e. The third-order valence-corrected chi connectivity index (χ3v) is 4.08. The molecule has 21 heavy (non-hydrogen) atoms. The summed E-state index contributed by atoms with van der Waals surface area (Å²) in [6, 6.07) is 3.01. The number of carboxylic acid groups (broad SMARTS) is 1. The maximum Gasteiger partial charge on any atom is 0.303 e. The third kappa shape index (κ3) is 3.52. The summed E-state index contributed by atoms with van der Waals surface area (Å²) in [5.74, 6) is -1.60. The third-order valence-electron chi connectivity index (χ3n) is 4.08. The van der Waals surface area contributed by atoms with E-state index in [1.807, 2.05) is 13.8 Å². The largest absolute Gasteiger partial charge is 0.507 e. The molecule has 1 aliphatic rings. The van der Waals surface area contributed by atoms with Crippen molar-refractivity contribution in [2.24, 2.45) is 5.92 Å². The lowest BCUT2D eigenvalue weighted by molar-refractivity contribution is -0.137. The maximum atomic E-state index is 13.1. The van der Waals surface area contributed by atoms with Gasteiger partial charge in [-0.1, -0.05) is 19.9 Å². The average Bonchev–Trinajstić information content (AvgIpc) is 3.19. The molecule has 1 fully saturated rings. The highest BCUT2D eigenvalue weighted by Gasteiger charge is 2.36. The Labute approximate surface area is 122 Å². The lowest BCUT2D eigenvalue weighted by Gasteiger charge is -2.20. The van der Waals surface area contributed by atoms with Crippen LogP contribution in [0.15, 0.2) is 12.1 Å². The van der Waals surface area contributed by atoms with Crippen molar-refractivity contribution in [2.75, 3.05) is 0 Å². The van der Waals surface area contributed by atoms with Crippen molar-refractivity contribution in [3.05, 3.63) is 28.8 Å². The molecule has 0 radical (unpaired) electrons. The Morgan fingerprint density at radius 1 is 1.29 bits per heavy atom. The molecule has 0 aromatic heterocycles. The number of hydrogen-bond donors (Lipinski definition) is 2. The van der Waals surface area contributed by atoms with Gasteiger partial charge in [0.1, 0.15) is 5.75 Å². The van der Waals surface area contributed by atoms with E-state index in [2.05, 4.69) is 0 Å². The van der Waals surface area contributed by atoms with Gasteiger partial charge in [0.2, 0.25) is 0 Å². The Hall–Kier alpha value is -1.65. The number of alkyl halides is 2. The molecule has 0 bridgehead atoms. The van der Waals surface area contributed by atoms with Crippen LogP contribution >= 0.6 is 0 Å². The van der Waals surface area contributed by atoms with Crippen molar-refractivity contribution in [1.29, 1.82) is 0 Å². The normalized spacial score (nSPS) is 16.5. The van der Waals surface area contributed by atoms with E-state index in [1.54, 1.807) is 6.07 Å². The SMILES string of the molecule is CC(C)c1cc(C(F)F)c(O)c(C(CC(=O)O)C2CC2)c1. The number of rotatable bonds is 6. The molecule has 3 nitrogen and oxygen atoms in total. The number of carbonyl (C=O) groups is 1. The zero-order valence-corrected chi connectivity index (χ0v) is 12.1. The summed E-state index contributed by atoms with van der Waals surface area (Å²) in [6.45, 7) is 3.77. The van der Waals surface area contributed by atoms with Gasteiger partial charge >= 0.3 is 5.97 Å². The van der Waals surface area contributed by atoms with Crippen LogP contribution in [0, 0.1) is 5.92 Å². The second kappa shape index (κ2) is 6.00. The van der Waals surface area contributed by atoms with Crippen LogP contribution in [0.1, 0.15) is 68.1 Å². The number of benzene rings is 1. The van der Waals surface area contributed by atoms with Gasteiger partial charge in [-0.25, -0.2) is 8.78 Å². The minimum absolute atomic E-state index is 0.0338. The van der Waals surface area contributed by atoms with E-state index in [4.69, 9.17) is 5.11 Å². The highest BCUT2D eigenvalue weighted by Crippen LogP contribution is 2.49. The van der Waals surface area contributed by atoms with Gasteiger partial charge < -0.3 is 10.2 Å². The molecule has 0 spiro atoms. The van der Waals surface area contributed by atoms with E-state index in [0.29, 0.717) is 11.1 Å². The maximum absolute atomic E-state index is 13.1. The molecule has 2 N–H and O–H groups in total. The van der Waals surface area contributed by atoms with Crippen LogP contribution < -0.4 is 0 Å². The Balaban J connectivity index is 2.51. The van der Waals surface area contributed by atoms with E-state index in [9.17, 15) is 18.7 Å². The highest BCUT2D eigenvalue weighted by atomic mass is 19.3. The van der Waals surface area contributed by atoms with Crippen molar-refractivity contribution >= 4 is 5.97 Å². The Kier molecular flexibility index (Phi) is 4.49. The fourth-order valence-electron chi connectivity index (χ4n) is 2.70. The summed E-state index contributed by atoms with van der Waals surface area (Å²) in [7, 11) is 0. The Bertz CT molecular complexity index is 537. The molecule has 2 rings (SSSR count). The minimum atomic E-state index is -2.77. The van der Waals surface area contributed by atoms with Gasteiger partial charge in [0.05, 0.1) is 12.0 Å². The molecule has 116 valence electrons. The molecule has 0 heterocycles. The van der Waals surface area contributed by atoms with E-state index < -0.39 is 29.6 Å². The fourth-order valence-corrected chi connectivity index (χ4v) is 2.70. The number of halogens is 2. The molecule has 0 amide bonds. The molecule has 1 saturated carbocycles. The van der Waals surface area contributed by atoms with Crippen LogP contribution in [0.5, 0.6) is 5.75 Å². The van der Waals surface area contributed by atoms with Crippen LogP contribution in [-0.4, -0.2) is 16.2 Å². The van der Waals surface area contributed by atoms with E-state index >= 15 is 0 Å². The zero-order valence-electron chi connectivity index (χ0n) is 12.1. The Morgan fingerprint density at radius 3 is 2.29 bits per heavy atom. The van der Waals surface area contributed by atoms with Gasteiger partial charge in [0, 0.05) is 5.92 Å². The van der Waals surface area contributed by atoms with Gasteiger partial charge in [0.15, 0.2) is 0 Å². The summed E-state index contributed by atoms with van der Waals surface area (Å²) >= 11 is 0. The fraction of sp³-hybridized carbons (Fsp3) is 0.562. The molecule has 1 aliphatic carbocycles. The number of phenolic OH excluding ortho intramolecular Hbond substituents is 1. The second-order valence-electron chi connectivity index (χ2n) is 6.05. The van der Waals surface area contributed by atoms with Gasteiger partial charge in [-0.05, 0) is 41.9 Å². The molecule has 1 aromatic carbocycles. The summed E-state index contributed by atoms with van der Waals surface area (Å²) in [5.41, 5.74) is 0.669. The predicted molar refractivity (Wildman–Crippen MR) is 74.9 cm³/mol. The van der Waals surface area contributed by atoms with Crippen molar-refractivity contribution in [3.63, 3.8) is 0 Å². The number of carboxylic acids is 1. The first-order chi connectivity index (χ1) is 9.81. The number of aliphatic carboxylic acids is 1. The predicted octanol–water partition coefficient (Wildman–Crippen LogP) is 4.42. The van der Waals surface area contributed by atoms with Crippen LogP contribution in [0.3, 0.4) is 0 Å². The van der Waals surface area contributed by atoms with Crippen molar-refractivity contribution in [1.82, 2.24) is 0 Å². The summed E-state index contributed by atoms with van der Waals surface area (Å²) in [5, 5.41) is 19.2. The first-order valence-corrected chi connectivity index (χ1v) is 7.17. The second-order valence-corrected chi connectivity index (χ2v) is 6.05. The van der Waals surface area contributed by atoms with E-state index in [-0.39, 0.29) is 18.3 Å². The monoisotopic (exact) mass is 298 g/mol. The van der Waals surface area contributed by atoms with Crippen molar-refractivity contribution < 1.29 is 23.8 Å². The first-order valence-electron chi connectivity index (χ1n) is 7.17. The van der Waals surface area contributed by atoms with Gasteiger partial charge in [-0.15, -0.1) is 0 Å². The lowest BCUT2D eigenvalue weighted by Crippen LogP contribution is -2.10. The highest BCUT2D eigenvalue weighted by molar-refractivity contribution is 5.68. The zero-order chi connectivity index (χ0) is 15.7. The molecule has 0 aliphatic heterocycles. The summed E-state index contributed by atoms with van der Waals surface area (Å²) in [4.78, 5) is 11.0. The number of phenols is 1. The summed E-state index contributed by atoms with van der Waals surface area (Å²) < 4.78 is 26.2. The number of hydrogen-bond acceptors (Lipinski definition) is 2. The van der Waals surface area contributed by atoms with Crippen LogP contribution in [0.4, 0.5) is 8.78 Å². The molecule has 1 atom stereocenters. The van der Waals surface area contributed by atoms with E-state index in [0.717, 1.165) is 12.8 Å². The molecular formula is C16H20F2O3. The minimum Gasteiger partial charge on any atom is -0.507 e. The number of aromatic hydroxyl groups is 1. The van der Waals surface area contributed by atoms with Crippen LogP contribution in [-0.2, 0) is 4.79 Å². The van der Waals surface area contributed by atoms with E-state index in [1.165, 1.54) is 6.07 Å². The molecule has 1 aromatic rings. The first kappa shape index (κ1) is 15.7. The average molecular weight is 298 g/mol. The molecule has 1 unspecified atom stereocenters. The molecule has 0 saturated heterocycles. The quantitative estimate of drug-likeness (QED) is 0.817. The Morgan fingerprint density at radius 2 is 1.86 bits per heavy atom. The molecule has 5 heteroatoms. The summed E-state index contributed by atoms with van der Waals surface area (Å²) in [6.07, 6.45) is -1.14.